The Kier molecular flexibility index (Phi) is 5.49. The largest absolute Gasteiger partial charge is 0.390 e. The molecule has 2 N–H and O–H groups in total. The van der Waals surface area contributed by atoms with Gasteiger partial charge in [0, 0.05) is 10.5 Å². The lowest BCUT2D eigenvalue weighted by molar-refractivity contribution is -0.0490. The van der Waals surface area contributed by atoms with Crippen molar-refractivity contribution in [1.82, 2.24) is 5.32 Å². The first-order valence-corrected chi connectivity index (χ1v) is 6.19. The van der Waals surface area contributed by atoms with Gasteiger partial charge >= 0.3 is 0 Å². The Labute approximate surface area is 108 Å². The predicted molar refractivity (Wildman–Crippen MR) is 67.3 cm³/mol. The Morgan fingerprint density at radius 2 is 1.94 bits per heavy atom. The number of hydrogen-bond donors (Lipinski definition) is 2. The van der Waals surface area contributed by atoms with E-state index in [0.717, 1.165) is 10.0 Å². The molecular weight excluding hydrogens is 292 g/mol. The van der Waals surface area contributed by atoms with Gasteiger partial charge in [0.15, 0.2) is 0 Å². The van der Waals surface area contributed by atoms with E-state index in [1.54, 1.807) is 0 Å². The number of halogens is 3. The summed E-state index contributed by atoms with van der Waals surface area (Å²) >= 11 is 3.34. The molecule has 0 aromatic heterocycles. The summed E-state index contributed by atoms with van der Waals surface area (Å²) in [5, 5.41) is 11.1. The van der Waals surface area contributed by atoms with Crippen LogP contribution in [0.5, 0.6) is 0 Å². The second kappa shape index (κ2) is 6.42. The maximum Gasteiger partial charge on any atom is 0.282 e. The number of nitrogens with one attached hydrogen (secondary N) is 1. The summed E-state index contributed by atoms with van der Waals surface area (Å²) in [4.78, 5) is 0. The minimum Gasteiger partial charge on any atom is -0.390 e. The minimum atomic E-state index is -3.05. The topological polar surface area (TPSA) is 32.3 Å². The molecule has 1 unspecified atom stereocenters. The molecule has 1 atom stereocenters. The van der Waals surface area contributed by atoms with Gasteiger partial charge in [-0.25, -0.2) is 8.78 Å². The Bertz CT molecular complexity index is 343. The van der Waals surface area contributed by atoms with Crippen molar-refractivity contribution < 1.29 is 13.9 Å². The highest BCUT2D eigenvalue weighted by Crippen LogP contribution is 2.13. The molecule has 96 valence electrons. The van der Waals surface area contributed by atoms with Crippen LogP contribution in [0.2, 0.25) is 0 Å². The zero-order valence-corrected chi connectivity index (χ0v) is 11.2. The van der Waals surface area contributed by atoms with Gasteiger partial charge in [-0.1, -0.05) is 28.1 Å². The van der Waals surface area contributed by atoms with E-state index in [0.29, 0.717) is 6.42 Å². The summed E-state index contributed by atoms with van der Waals surface area (Å²) < 4.78 is 26.6. The van der Waals surface area contributed by atoms with Crippen LogP contribution < -0.4 is 5.32 Å². The van der Waals surface area contributed by atoms with Crippen LogP contribution >= 0.6 is 15.9 Å². The van der Waals surface area contributed by atoms with Crippen molar-refractivity contribution in [2.45, 2.75) is 25.3 Å². The van der Waals surface area contributed by atoms with Crippen molar-refractivity contribution >= 4 is 15.9 Å². The standard InChI is InChI=1S/C12H16BrF2NO/c1-9(16-7-12(14,15)8-17)6-10-2-4-11(13)5-3-10/h2-5,9,16-17H,6-8H2,1H3. The van der Waals surface area contributed by atoms with Crippen LogP contribution in [0, 0.1) is 0 Å². The van der Waals surface area contributed by atoms with E-state index in [1.807, 2.05) is 31.2 Å². The van der Waals surface area contributed by atoms with Crippen LogP contribution in [-0.2, 0) is 6.42 Å². The summed E-state index contributed by atoms with van der Waals surface area (Å²) in [5.41, 5.74) is 1.08. The number of benzene rings is 1. The number of rotatable bonds is 6. The van der Waals surface area contributed by atoms with Crippen molar-refractivity contribution in [3.63, 3.8) is 0 Å². The number of hydrogen-bond acceptors (Lipinski definition) is 2. The molecular formula is C12H16BrF2NO. The van der Waals surface area contributed by atoms with Gasteiger partial charge in [0.25, 0.3) is 5.92 Å². The third kappa shape index (κ3) is 5.57. The molecule has 0 aliphatic heterocycles. The van der Waals surface area contributed by atoms with Crippen LogP contribution in [0.15, 0.2) is 28.7 Å². The number of aliphatic hydroxyl groups is 1. The molecule has 0 heterocycles. The monoisotopic (exact) mass is 307 g/mol. The first-order chi connectivity index (χ1) is 7.93. The Hall–Kier alpha value is -0.520. The van der Waals surface area contributed by atoms with E-state index in [-0.39, 0.29) is 6.04 Å². The Morgan fingerprint density at radius 3 is 2.47 bits per heavy atom. The highest BCUT2D eigenvalue weighted by atomic mass is 79.9. The molecule has 0 aliphatic rings. The lowest BCUT2D eigenvalue weighted by Gasteiger charge is -2.18. The lowest BCUT2D eigenvalue weighted by Crippen LogP contribution is -2.40. The lowest BCUT2D eigenvalue weighted by atomic mass is 10.1. The second-order valence-electron chi connectivity index (χ2n) is 4.13. The molecule has 0 amide bonds. The number of alkyl halides is 2. The second-order valence-corrected chi connectivity index (χ2v) is 5.04. The summed E-state index contributed by atoms with van der Waals surface area (Å²) in [6, 6.07) is 7.68. The maximum atomic E-state index is 12.8. The van der Waals surface area contributed by atoms with Crippen LogP contribution in [0.4, 0.5) is 8.78 Å². The van der Waals surface area contributed by atoms with Crippen molar-refractivity contribution in [3.8, 4) is 0 Å². The van der Waals surface area contributed by atoms with Gasteiger partial charge in [-0.15, -0.1) is 0 Å². The average Bonchev–Trinajstić information content (AvgIpc) is 2.30. The third-order valence-electron chi connectivity index (χ3n) is 2.40. The Morgan fingerprint density at radius 1 is 1.35 bits per heavy atom. The van der Waals surface area contributed by atoms with Crippen LogP contribution in [0.3, 0.4) is 0 Å². The van der Waals surface area contributed by atoms with Gasteiger partial charge in [-0.2, -0.15) is 0 Å². The SMILES string of the molecule is CC(Cc1ccc(Br)cc1)NCC(F)(F)CO. The quantitative estimate of drug-likeness (QED) is 0.847. The highest BCUT2D eigenvalue weighted by molar-refractivity contribution is 9.10. The molecule has 0 spiro atoms. The van der Waals surface area contributed by atoms with E-state index in [2.05, 4.69) is 21.2 Å². The summed E-state index contributed by atoms with van der Waals surface area (Å²) in [6.45, 7) is 0.224. The molecule has 0 saturated carbocycles. The zero-order valence-electron chi connectivity index (χ0n) is 9.59. The van der Waals surface area contributed by atoms with Crippen LogP contribution in [0.1, 0.15) is 12.5 Å². The molecule has 0 fully saturated rings. The molecule has 5 heteroatoms. The first-order valence-electron chi connectivity index (χ1n) is 5.39. The maximum absolute atomic E-state index is 12.8. The van der Waals surface area contributed by atoms with E-state index in [1.165, 1.54) is 0 Å². The normalized spacial score (nSPS) is 13.7. The van der Waals surface area contributed by atoms with Gasteiger partial charge in [0.1, 0.15) is 6.61 Å². The minimum absolute atomic E-state index is 0.0615. The van der Waals surface area contributed by atoms with Gasteiger partial charge in [-0.05, 0) is 31.0 Å². The fourth-order valence-electron chi connectivity index (χ4n) is 1.43. The first kappa shape index (κ1) is 14.5. The molecule has 1 aromatic rings. The van der Waals surface area contributed by atoms with Crippen LogP contribution in [0.25, 0.3) is 0 Å². The molecule has 1 rings (SSSR count). The summed E-state index contributed by atoms with van der Waals surface area (Å²) in [7, 11) is 0. The van der Waals surface area contributed by atoms with E-state index >= 15 is 0 Å². The fourth-order valence-corrected chi connectivity index (χ4v) is 1.69. The van der Waals surface area contributed by atoms with Crippen LogP contribution in [-0.4, -0.2) is 30.2 Å². The fraction of sp³-hybridized carbons (Fsp3) is 0.500. The molecule has 0 bridgehead atoms. The number of aliphatic hydroxyl groups excluding tert-OH is 1. The molecule has 2 nitrogen and oxygen atoms in total. The van der Waals surface area contributed by atoms with E-state index < -0.39 is 19.1 Å². The molecule has 0 saturated heterocycles. The summed E-state index contributed by atoms with van der Waals surface area (Å²) in [5.74, 6) is -3.05. The third-order valence-corrected chi connectivity index (χ3v) is 2.92. The molecule has 17 heavy (non-hydrogen) atoms. The van der Waals surface area contributed by atoms with E-state index in [9.17, 15) is 8.78 Å². The van der Waals surface area contributed by atoms with Gasteiger partial charge in [0.2, 0.25) is 0 Å². The van der Waals surface area contributed by atoms with Crippen molar-refractivity contribution in [2.24, 2.45) is 0 Å². The molecule has 0 aliphatic carbocycles. The van der Waals surface area contributed by atoms with Crippen molar-refractivity contribution in [2.75, 3.05) is 13.2 Å². The van der Waals surface area contributed by atoms with Crippen molar-refractivity contribution in [1.29, 1.82) is 0 Å². The zero-order chi connectivity index (χ0) is 12.9. The Balaban J connectivity index is 2.39. The highest BCUT2D eigenvalue weighted by Gasteiger charge is 2.27. The van der Waals surface area contributed by atoms with Crippen molar-refractivity contribution in [3.05, 3.63) is 34.3 Å². The molecule has 0 radical (unpaired) electrons. The average molecular weight is 308 g/mol. The summed E-state index contributed by atoms with van der Waals surface area (Å²) in [6.07, 6.45) is 0.675. The smallest absolute Gasteiger partial charge is 0.282 e. The molecule has 1 aromatic carbocycles. The van der Waals surface area contributed by atoms with Gasteiger partial charge in [-0.3, -0.25) is 0 Å². The van der Waals surface area contributed by atoms with Gasteiger partial charge in [0.05, 0.1) is 6.54 Å². The van der Waals surface area contributed by atoms with Gasteiger partial charge < -0.3 is 10.4 Å². The predicted octanol–water partition coefficient (Wildman–Crippen LogP) is 2.60. The van der Waals surface area contributed by atoms with E-state index in [4.69, 9.17) is 5.11 Å².